The van der Waals surface area contributed by atoms with Crippen LogP contribution < -0.4 is 10.0 Å². The summed E-state index contributed by atoms with van der Waals surface area (Å²) in [5, 5.41) is 3.32. The molecule has 0 spiro atoms. The molecule has 6 nitrogen and oxygen atoms in total. The first kappa shape index (κ1) is 17.9. The molecule has 2 aromatic rings. The van der Waals surface area contributed by atoms with Crippen molar-refractivity contribution in [3.63, 3.8) is 0 Å². The summed E-state index contributed by atoms with van der Waals surface area (Å²) in [5.41, 5.74) is 0.0671. The van der Waals surface area contributed by atoms with Crippen molar-refractivity contribution >= 4 is 44.7 Å². The fourth-order valence-electron chi connectivity index (χ4n) is 1.75. The van der Waals surface area contributed by atoms with Crippen molar-refractivity contribution in [1.82, 2.24) is 14.7 Å². The van der Waals surface area contributed by atoms with E-state index in [2.05, 4.69) is 20.0 Å². The van der Waals surface area contributed by atoms with Crippen LogP contribution in [-0.2, 0) is 10.0 Å². The van der Waals surface area contributed by atoms with E-state index in [0.717, 1.165) is 0 Å². The second-order valence-electron chi connectivity index (χ2n) is 5.84. The smallest absolute Gasteiger partial charge is 0.241 e. The van der Waals surface area contributed by atoms with Gasteiger partial charge in [-0.15, -0.1) is 0 Å². The molecule has 0 aliphatic heterocycles. The van der Waals surface area contributed by atoms with Gasteiger partial charge in [0.05, 0.1) is 11.1 Å². The molecule has 0 atom stereocenters. The lowest BCUT2D eigenvalue weighted by molar-refractivity contribution is 0.491. The summed E-state index contributed by atoms with van der Waals surface area (Å²) in [6, 6.07) is 6.22. The van der Waals surface area contributed by atoms with E-state index >= 15 is 0 Å². The normalized spacial score (nSPS) is 12.2. The maximum Gasteiger partial charge on any atom is 0.241 e. The van der Waals surface area contributed by atoms with Crippen LogP contribution in [0.3, 0.4) is 0 Å². The quantitative estimate of drug-likeness (QED) is 0.798. The Labute approximate surface area is 145 Å². The van der Waals surface area contributed by atoms with Crippen LogP contribution in [0, 0.1) is 0 Å². The average Bonchev–Trinajstić information content (AvgIpc) is 2.41. The molecule has 0 saturated carbocycles. The molecule has 124 valence electrons. The largest absolute Gasteiger partial charge is 0.339 e. The molecule has 0 fully saturated rings. The Kier molecular flexibility index (Phi) is 5.15. The van der Waals surface area contributed by atoms with Crippen molar-refractivity contribution < 1.29 is 8.42 Å². The Hall–Kier alpha value is -1.41. The summed E-state index contributed by atoms with van der Waals surface area (Å²) in [5.74, 6) is 0.343. The second-order valence-corrected chi connectivity index (χ2v) is 8.27. The Morgan fingerprint density at radius 2 is 1.70 bits per heavy atom. The van der Waals surface area contributed by atoms with Gasteiger partial charge in [-0.2, -0.15) is 4.98 Å². The highest BCUT2D eigenvalue weighted by atomic mass is 35.5. The van der Waals surface area contributed by atoms with Crippen molar-refractivity contribution in [2.75, 3.05) is 5.32 Å². The fourth-order valence-corrected chi connectivity index (χ4v) is 3.44. The molecule has 0 saturated heterocycles. The van der Waals surface area contributed by atoms with Gasteiger partial charge in [-0.05, 0) is 56.6 Å². The highest BCUT2D eigenvalue weighted by Crippen LogP contribution is 2.24. The molecule has 0 aliphatic rings. The van der Waals surface area contributed by atoms with Gasteiger partial charge >= 0.3 is 0 Å². The predicted octanol–water partition coefficient (Wildman–Crippen LogP) is 3.60. The van der Waals surface area contributed by atoms with E-state index in [-0.39, 0.29) is 10.2 Å². The first-order valence-corrected chi connectivity index (χ1v) is 8.90. The van der Waals surface area contributed by atoms with Crippen LogP contribution in [0.2, 0.25) is 10.3 Å². The number of benzene rings is 1. The molecule has 9 heteroatoms. The molecule has 0 bridgehead atoms. The Morgan fingerprint density at radius 3 is 2.26 bits per heavy atom. The van der Waals surface area contributed by atoms with Gasteiger partial charge in [-0.1, -0.05) is 11.6 Å². The van der Waals surface area contributed by atoms with Crippen molar-refractivity contribution in [2.24, 2.45) is 0 Å². The van der Waals surface area contributed by atoms with Crippen molar-refractivity contribution in [2.45, 2.75) is 31.2 Å². The van der Waals surface area contributed by atoms with Crippen molar-refractivity contribution in [1.29, 1.82) is 0 Å². The molecule has 0 radical (unpaired) electrons. The Balaban J connectivity index is 2.21. The number of sulfonamides is 1. The lowest BCUT2D eigenvalue weighted by Gasteiger charge is -2.20. The second kappa shape index (κ2) is 6.60. The van der Waals surface area contributed by atoms with Gasteiger partial charge in [-0.3, -0.25) is 0 Å². The average molecular weight is 375 g/mol. The van der Waals surface area contributed by atoms with Crippen LogP contribution in [0.25, 0.3) is 0 Å². The minimum absolute atomic E-state index is 0.0606. The molecule has 1 aromatic heterocycles. The number of anilines is 2. The van der Waals surface area contributed by atoms with E-state index in [1.54, 1.807) is 32.9 Å². The van der Waals surface area contributed by atoms with E-state index in [4.69, 9.17) is 23.2 Å². The third-order valence-corrected chi connectivity index (χ3v) is 4.82. The van der Waals surface area contributed by atoms with Crippen LogP contribution >= 0.6 is 23.2 Å². The van der Waals surface area contributed by atoms with Crippen LogP contribution in [0.4, 0.5) is 11.5 Å². The molecule has 2 rings (SSSR count). The maximum atomic E-state index is 12.2. The van der Waals surface area contributed by atoms with Gasteiger partial charge < -0.3 is 5.32 Å². The van der Waals surface area contributed by atoms with Gasteiger partial charge in [0, 0.05) is 11.2 Å². The number of nitrogens with one attached hydrogen (secondary N) is 2. The van der Waals surface area contributed by atoms with Crippen LogP contribution in [0.5, 0.6) is 0 Å². The van der Waals surface area contributed by atoms with Gasteiger partial charge in [0.15, 0.2) is 5.82 Å². The van der Waals surface area contributed by atoms with Crippen LogP contribution in [-0.4, -0.2) is 23.9 Å². The summed E-state index contributed by atoms with van der Waals surface area (Å²) in [6.45, 7) is 5.34. The maximum absolute atomic E-state index is 12.2. The molecule has 2 N–H and O–H groups in total. The van der Waals surface area contributed by atoms with Gasteiger partial charge in [-0.25, -0.2) is 18.1 Å². The van der Waals surface area contributed by atoms with Crippen molar-refractivity contribution in [3.05, 3.63) is 40.8 Å². The van der Waals surface area contributed by atoms with Gasteiger partial charge in [0.1, 0.15) is 5.02 Å². The topological polar surface area (TPSA) is 84.0 Å². The molecule has 0 aliphatic carbocycles. The number of hydrogen-bond acceptors (Lipinski definition) is 5. The molecule has 23 heavy (non-hydrogen) atoms. The fraction of sp³-hybridized carbons (Fsp3) is 0.286. The summed E-state index contributed by atoms with van der Waals surface area (Å²) < 4.78 is 27.0. The van der Waals surface area contributed by atoms with Crippen LogP contribution in [0.15, 0.2) is 35.4 Å². The lowest BCUT2D eigenvalue weighted by Crippen LogP contribution is -2.40. The number of aromatic nitrogens is 2. The molecule has 0 unspecified atom stereocenters. The molecule has 1 aromatic carbocycles. The van der Waals surface area contributed by atoms with E-state index in [9.17, 15) is 8.42 Å². The zero-order valence-electron chi connectivity index (χ0n) is 12.8. The first-order valence-electron chi connectivity index (χ1n) is 6.66. The van der Waals surface area contributed by atoms with Crippen molar-refractivity contribution in [3.8, 4) is 0 Å². The predicted molar refractivity (Wildman–Crippen MR) is 91.9 cm³/mol. The number of nitrogens with zero attached hydrogens (tertiary/aromatic N) is 2. The molecular formula is C14H16Cl2N4O2S. The van der Waals surface area contributed by atoms with Gasteiger partial charge in [0.25, 0.3) is 0 Å². The summed E-state index contributed by atoms with van der Waals surface area (Å²) >= 11 is 11.7. The molecular weight excluding hydrogens is 359 g/mol. The third-order valence-electron chi connectivity index (χ3n) is 2.58. The minimum atomic E-state index is -3.57. The first-order chi connectivity index (χ1) is 10.6. The van der Waals surface area contributed by atoms with E-state index in [0.29, 0.717) is 16.5 Å². The monoisotopic (exact) mass is 374 g/mol. The standard InChI is InChI=1S/C14H16Cl2N4O2S/c1-14(2,3)20-23(21,22)10-6-4-9(5-7-10)18-12-11(15)8-17-13(16)19-12/h4-8,20H,1-3H3,(H,17,18,19). The number of hydrogen-bond donors (Lipinski definition) is 2. The molecule has 1 heterocycles. The zero-order valence-corrected chi connectivity index (χ0v) is 15.1. The molecule has 0 amide bonds. The van der Waals surface area contributed by atoms with E-state index in [1.165, 1.54) is 18.3 Å². The Morgan fingerprint density at radius 1 is 1.09 bits per heavy atom. The van der Waals surface area contributed by atoms with E-state index < -0.39 is 15.6 Å². The van der Waals surface area contributed by atoms with E-state index in [1.807, 2.05) is 0 Å². The SMILES string of the molecule is CC(C)(C)NS(=O)(=O)c1ccc(Nc2nc(Cl)ncc2Cl)cc1. The number of halogens is 2. The summed E-state index contributed by atoms with van der Waals surface area (Å²) in [6.07, 6.45) is 1.38. The highest BCUT2D eigenvalue weighted by Gasteiger charge is 2.21. The number of rotatable bonds is 4. The zero-order chi connectivity index (χ0) is 17.3. The third kappa shape index (κ3) is 5.04. The van der Waals surface area contributed by atoms with Gasteiger partial charge in [0.2, 0.25) is 15.3 Å². The minimum Gasteiger partial charge on any atom is -0.339 e. The Bertz CT molecular complexity index is 803. The summed E-state index contributed by atoms with van der Waals surface area (Å²) in [7, 11) is -3.57. The highest BCUT2D eigenvalue weighted by molar-refractivity contribution is 7.89. The summed E-state index contributed by atoms with van der Waals surface area (Å²) in [4.78, 5) is 7.90. The van der Waals surface area contributed by atoms with Crippen LogP contribution in [0.1, 0.15) is 20.8 Å². The lowest BCUT2D eigenvalue weighted by atomic mass is 10.1.